The van der Waals surface area contributed by atoms with Crippen molar-refractivity contribution in [3.8, 4) is 11.5 Å². The monoisotopic (exact) mass is 334 g/mol. The van der Waals surface area contributed by atoms with Crippen LogP contribution in [0.4, 0.5) is 0 Å². The van der Waals surface area contributed by atoms with Crippen molar-refractivity contribution in [1.82, 2.24) is 9.80 Å². The zero-order valence-electron chi connectivity index (χ0n) is 14.2. The molecule has 2 aliphatic rings. The smallest absolute Gasteiger partial charge is 0.227 e. The molecule has 1 atom stereocenters. The highest BCUT2D eigenvalue weighted by Gasteiger charge is 2.22. The van der Waals surface area contributed by atoms with Crippen LogP contribution in [0.15, 0.2) is 18.2 Å². The summed E-state index contributed by atoms with van der Waals surface area (Å²) in [6, 6.07) is 5.71. The Morgan fingerprint density at radius 3 is 2.58 bits per heavy atom. The molecule has 2 heterocycles. The second-order valence-corrected chi connectivity index (χ2v) is 6.40. The SMILES string of the molecule is CC[C@H](O)CN1CCN(C(=O)Cc2ccc3c(c2)OCCO3)CC1. The third-order valence-electron chi connectivity index (χ3n) is 4.63. The molecule has 1 amide bonds. The Morgan fingerprint density at radius 1 is 1.17 bits per heavy atom. The normalized spacial score (nSPS) is 19.2. The van der Waals surface area contributed by atoms with Crippen LogP contribution >= 0.6 is 0 Å². The minimum atomic E-state index is -0.273. The average Bonchev–Trinajstić information content (AvgIpc) is 2.62. The van der Waals surface area contributed by atoms with Crippen molar-refractivity contribution < 1.29 is 19.4 Å². The van der Waals surface area contributed by atoms with Crippen molar-refractivity contribution in [2.45, 2.75) is 25.9 Å². The van der Waals surface area contributed by atoms with E-state index in [0.29, 0.717) is 26.2 Å². The van der Waals surface area contributed by atoms with Gasteiger partial charge in [-0.15, -0.1) is 0 Å². The molecule has 3 rings (SSSR count). The summed E-state index contributed by atoms with van der Waals surface area (Å²) in [4.78, 5) is 16.6. The molecule has 0 bridgehead atoms. The molecule has 0 aromatic heterocycles. The third-order valence-corrected chi connectivity index (χ3v) is 4.63. The fourth-order valence-corrected chi connectivity index (χ4v) is 3.09. The Hall–Kier alpha value is -1.79. The Labute approximate surface area is 143 Å². The molecule has 6 nitrogen and oxygen atoms in total. The highest BCUT2D eigenvalue weighted by molar-refractivity contribution is 5.79. The van der Waals surface area contributed by atoms with E-state index in [0.717, 1.165) is 49.7 Å². The van der Waals surface area contributed by atoms with E-state index in [1.807, 2.05) is 30.0 Å². The Morgan fingerprint density at radius 2 is 1.88 bits per heavy atom. The number of nitrogens with zero attached hydrogens (tertiary/aromatic N) is 2. The lowest BCUT2D eigenvalue weighted by Gasteiger charge is -2.35. The van der Waals surface area contributed by atoms with E-state index >= 15 is 0 Å². The topological polar surface area (TPSA) is 62.2 Å². The van der Waals surface area contributed by atoms with Crippen LogP contribution < -0.4 is 9.47 Å². The van der Waals surface area contributed by atoms with Crippen LogP contribution in [-0.2, 0) is 11.2 Å². The van der Waals surface area contributed by atoms with Gasteiger partial charge in [-0.3, -0.25) is 9.69 Å². The van der Waals surface area contributed by atoms with Gasteiger partial charge >= 0.3 is 0 Å². The van der Waals surface area contributed by atoms with Gasteiger partial charge < -0.3 is 19.5 Å². The van der Waals surface area contributed by atoms with Crippen LogP contribution in [0, 0.1) is 0 Å². The maximum Gasteiger partial charge on any atom is 0.227 e. The number of ether oxygens (including phenoxy) is 2. The first-order chi connectivity index (χ1) is 11.7. The fraction of sp³-hybridized carbons (Fsp3) is 0.611. The molecular formula is C18H26N2O4. The second-order valence-electron chi connectivity index (χ2n) is 6.40. The summed E-state index contributed by atoms with van der Waals surface area (Å²) < 4.78 is 11.1. The number of aliphatic hydroxyl groups is 1. The summed E-state index contributed by atoms with van der Waals surface area (Å²) in [5.74, 6) is 1.62. The number of amides is 1. The van der Waals surface area contributed by atoms with Crippen LogP contribution in [0.3, 0.4) is 0 Å². The van der Waals surface area contributed by atoms with Gasteiger partial charge in [-0.1, -0.05) is 13.0 Å². The number of hydrogen-bond acceptors (Lipinski definition) is 5. The summed E-state index contributed by atoms with van der Waals surface area (Å²) in [5, 5.41) is 9.73. The summed E-state index contributed by atoms with van der Waals surface area (Å²) in [6.07, 6.45) is 0.877. The number of aliphatic hydroxyl groups excluding tert-OH is 1. The lowest BCUT2D eigenvalue weighted by molar-refractivity contribution is -0.132. The number of fused-ring (bicyclic) bond motifs is 1. The van der Waals surface area contributed by atoms with Crippen LogP contribution in [0.25, 0.3) is 0 Å². The minimum absolute atomic E-state index is 0.141. The van der Waals surface area contributed by atoms with Crippen molar-refractivity contribution >= 4 is 5.91 Å². The first-order valence-corrected chi connectivity index (χ1v) is 8.72. The third kappa shape index (κ3) is 4.19. The fourth-order valence-electron chi connectivity index (χ4n) is 3.09. The number of carbonyl (C=O) groups excluding carboxylic acids is 1. The molecule has 6 heteroatoms. The van der Waals surface area contributed by atoms with Crippen LogP contribution in [0.2, 0.25) is 0 Å². The summed E-state index contributed by atoms with van der Waals surface area (Å²) in [7, 11) is 0. The molecule has 1 N–H and O–H groups in total. The Kier molecular flexibility index (Phi) is 5.58. The predicted octanol–water partition coefficient (Wildman–Crippen LogP) is 0.915. The van der Waals surface area contributed by atoms with E-state index in [1.54, 1.807) is 0 Å². The van der Waals surface area contributed by atoms with Gasteiger partial charge in [-0.2, -0.15) is 0 Å². The number of β-amino-alcohol motifs (C(OH)–C–C–N with tert-alkyl or cyclic N) is 1. The van der Waals surface area contributed by atoms with Gasteiger partial charge in [0, 0.05) is 32.7 Å². The summed E-state index contributed by atoms with van der Waals surface area (Å²) in [6.45, 7) is 6.89. The van der Waals surface area contributed by atoms with Gasteiger partial charge in [0.25, 0.3) is 0 Å². The first kappa shape index (κ1) is 17.0. The Bertz CT molecular complexity index is 570. The standard InChI is InChI=1S/C18H26N2O4/c1-2-15(21)13-19-5-7-20(8-6-19)18(22)12-14-3-4-16-17(11-14)24-10-9-23-16/h3-4,11,15,21H,2,5-10,12-13H2,1H3/t15-/m0/s1. The van der Waals surface area contributed by atoms with Crippen molar-refractivity contribution in [2.24, 2.45) is 0 Å². The summed E-state index contributed by atoms with van der Waals surface area (Å²) in [5.41, 5.74) is 0.952. The van der Waals surface area contributed by atoms with Gasteiger partial charge in [0.1, 0.15) is 13.2 Å². The predicted molar refractivity (Wildman–Crippen MR) is 90.5 cm³/mol. The maximum absolute atomic E-state index is 12.5. The second kappa shape index (κ2) is 7.85. The quantitative estimate of drug-likeness (QED) is 0.867. The maximum atomic E-state index is 12.5. The molecule has 1 aromatic carbocycles. The largest absolute Gasteiger partial charge is 0.486 e. The van der Waals surface area contributed by atoms with Gasteiger partial charge in [0.05, 0.1) is 12.5 Å². The van der Waals surface area contributed by atoms with Crippen molar-refractivity contribution in [2.75, 3.05) is 45.9 Å². The molecule has 24 heavy (non-hydrogen) atoms. The van der Waals surface area contributed by atoms with E-state index in [4.69, 9.17) is 9.47 Å². The van der Waals surface area contributed by atoms with Crippen LogP contribution in [-0.4, -0.2) is 72.9 Å². The van der Waals surface area contributed by atoms with E-state index in [1.165, 1.54) is 0 Å². The van der Waals surface area contributed by atoms with E-state index < -0.39 is 0 Å². The molecule has 0 radical (unpaired) electrons. The van der Waals surface area contributed by atoms with E-state index in [9.17, 15) is 9.90 Å². The number of rotatable bonds is 5. The first-order valence-electron chi connectivity index (χ1n) is 8.72. The van der Waals surface area contributed by atoms with Gasteiger partial charge in [0.15, 0.2) is 11.5 Å². The van der Waals surface area contributed by atoms with E-state index in [2.05, 4.69) is 4.90 Å². The zero-order chi connectivity index (χ0) is 16.9. The lowest BCUT2D eigenvalue weighted by atomic mass is 10.1. The highest BCUT2D eigenvalue weighted by atomic mass is 16.6. The number of piperazine rings is 1. The molecule has 0 unspecified atom stereocenters. The molecule has 1 saturated heterocycles. The highest BCUT2D eigenvalue weighted by Crippen LogP contribution is 2.31. The molecule has 0 saturated carbocycles. The molecule has 1 fully saturated rings. The van der Waals surface area contributed by atoms with Gasteiger partial charge in [0.2, 0.25) is 5.91 Å². The lowest BCUT2D eigenvalue weighted by Crippen LogP contribution is -2.50. The minimum Gasteiger partial charge on any atom is -0.486 e. The molecule has 132 valence electrons. The van der Waals surface area contributed by atoms with Gasteiger partial charge in [-0.05, 0) is 24.1 Å². The number of carbonyl (C=O) groups is 1. The number of hydrogen-bond donors (Lipinski definition) is 1. The Balaban J connectivity index is 1.51. The van der Waals surface area contributed by atoms with Crippen LogP contribution in [0.1, 0.15) is 18.9 Å². The number of benzene rings is 1. The zero-order valence-corrected chi connectivity index (χ0v) is 14.2. The molecule has 0 aliphatic carbocycles. The summed E-state index contributed by atoms with van der Waals surface area (Å²) >= 11 is 0. The van der Waals surface area contributed by atoms with Gasteiger partial charge in [-0.25, -0.2) is 0 Å². The van der Waals surface area contributed by atoms with Crippen molar-refractivity contribution in [3.63, 3.8) is 0 Å². The van der Waals surface area contributed by atoms with Crippen molar-refractivity contribution in [1.29, 1.82) is 0 Å². The molecular weight excluding hydrogens is 308 g/mol. The van der Waals surface area contributed by atoms with Crippen LogP contribution in [0.5, 0.6) is 11.5 Å². The molecule has 0 spiro atoms. The average molecular weight is 334 g/mol. The van der Waals surface area contributed by atoms with Crippen molar-refractivity contribution in [3.05, 3.63) is 23.8 Å². The molecule has 2 aliphatic heterocycles. The molecule has 1 aromatic rings. The van der Waals surface area contributed by atoms with E-state index in [-0.39, 0.29) is 12.0 Å².